The van der Waals surface area contributed by atoms with Crippen LogP contribution in [-0.4, -0.2) is 17.3 Å². The number of halogens is 4. The van der Waals surface area contributed by atoms with Gasteiger partial charge in [-0.25, -0.2) is 0 Å². The molecule has 120 valence electrons. The van der Waals surface area contributed by atoms with Gasteiger partial charge in [0.25, 0.3) is 0 Å². The van der Waals surface area contributed by atoms with Crippen LogP contribution in [0.2, 0.25) is 20.1 Å². The lowest BCUT2D eigenvalue weighted by molar-refractivity contribution is 0.307. The minimum absolute atomic E-state index is 0.187. The first-order valence-corrected chi connectivity index (χ1v) is 9.28. The van der Waals surface area contributed by atoms with Gasteiger partial charge in [0.2, 0.25) is 0 Å². The monoisotopic (exact) mass is 405 g/mol. The zero-order chi connectivity index (χ0) is 16.4. The number of ether oxygens (including phenoxy) is 1. The average molecular weight is 407 g/mol. The zero-order valence-electron chi connectivity index (χ0n) is 11.8. The maximum atomic E-state index is 6.32. The molecule has 0 saturated heterocycles. The van der Waals surface area contributed by atoms with Crippen molar-refractivity contribution in [1.82, 2.24) is 0 Å². The van der Waals surface area contributed by atoms with E-state index in [1.165, 1.54) is 0 Å². The van der Waals surface area contributed by atoms with Gasteiger partial charge in [0, 0.05) is 33.5 Å². The van der Waals surface area contributed by atoms with Gasteiger partial charge in [-0.1, -0.05) is 52.5 Å². The third kappa shape index (κ3) is 3.92. The van der Waals surface area contributed by atoms with Crippen molar-refractivity contribution in [2.75, 3.05) is 12.3 Å². The predicted octanol–water partition coefficient (Wildman–Crippen LogP) is 6.37. The molecular weight excluding hydrogens is 396 g/mol. The van der Waals surface area contributed by atoms with Crippen LogP contribution in [0.25, 0.3) is 0 Å². The Morgan fingerprint density at radius 3 is 2.22 bits per heavy atom. The fourth-order valence-corrected chi connectivity index (χ4v) is 4.09. The molecule has 0 aliphatic carbocycles. The van der Waals surface area contributed by atoms with E-state index in [0.29, 0.717) is 31.4 Å². The van der Waals surface area contributed by atoms with Crippen LogP contribution < -0.4 is 4.74 Å². The minimum atomic E-state index is 0.187. The van der Waals surface area contributed by atoms with E-state index < -0.39 is 0 Å². The number of nitrogens with zero attached hydrogens (tertiary/aromatic N) is 1. The SMILES string of the molecule is Clc1cccc(Cl)c1COc1c(Cl)cc(C2=NCCS2)cc1Cl. The van der Waals surface area contributed by atoms with Crippen molar-refractivity contribution in [2.24, 2.45) is 4.99 Å². The lowest BCUT2D eigenvalue weighted by Crippen LogP contribution is -2.00. The Morgan fingerprint density at radius 1 is 1.00 bits per heavy atom. The van der Waals surface area contributed by atoms with Crippen LogP contribution in [0.3, 0.4) is 0 Å². The van der Waals surface area contributed by atoms with Crippen molar-refractivity contribution < 1.29 is 4.74 Å². The third-order valence-corrected chi connectivity index (χ3v) is 5.55. The molecule has 0 aromatic heterocycles. The standard InChI is InChI=1S/C16H11Cl4NOS/c17-11-2-1-3-12(18)10(11)8-22-15-13(19)6-9(7-14(15)20)16-21-4-5-23-16/h1-3,6-7H,4-5,8H2. The number of thioether (sulfide) groups is 1. The highest BCUT2D eigenvalue weighted by Gasteiger charge is 2.16. The zero-order valence-corrected chi connectivity index (χ0v) is 15.6. The first-order valence-electron chi connectivity index (χ1n) is 6.78. The second kappa shape index (κ2) is 7.54. The quantitative estimate of drug-likeness (QED) is 0.587. The smallest absolute Gasteiger partial charge is 0.157 e. The van der Waals surface area contributed by atoms with Gasteiger partial charge in [0.1, 0.15) is 6.61 Å². The van der Waals surface area contributed by atoms with Crippen molar-refractivity contribution in [3.63, 3.8) is 0 Å². The van der Waals surface area contributed by atoms with Gasteiger partial charge in [-0.3, -0.25) is 4.99 Å². The van der Waals surface area contributed by atoms with Crippen molar-refractivity contribution in [1.29, 1.82) is 0 Å². The van der Waals surface area contributed by atoms with Gasteiger partial charge in [-0.15, -0.1) is 11.8 Å². The van der Waals surface area contributed by atoms with E-state index >= 15 is 0 Å². The molecule has 0 bridgehead atoms. The summed E-state index contributed by atoms with van der Waals surface area (Å²) in [6, 6.07) is 8.92. The van der Waals surface area contributed by atoms with Crippen LogP contribution in [-0.2, 0) is 6.61 Å². The van der Waals surface area contributed by atoms with Gasteiger partial charge >= 0.3 is 0 Å². The maximum absolute atomic E-state index is 6.32. The normalized spacial score (nSPS) is 14.0. The van der Waals surface area contributed by atoms with Gasteiger partial charge in [0.15, 0.2) is 5.75 Å². The topological polar surface area (TPSA) is 21.6 Å². The summed E-state index contributed by atoms with van der Waals surface area (Å²) < 4.78 is 5.75. The van der Waals surface area contributed by atoms with E-state index in [0.717, 1.165) is 22.9 Å². The Bertz CT molecular complexity index is 735. The van der Waals surface area contributed by atoms with Crippen LogP contribution in [0, 0.1) is 0 Å². The lowest BCUT2D eigenvalue weighted by atomic mass is 10.2. The molecule has 0 spiro atoms. The van der Waals surface area contributed by atoms with Crippen molar-refractivity contribution >= 4 is 63.2 Å². The Labute approximate surface area is 158 Å². The molecule has 0 radical (unpaired) electrons. The minimum Gasteiger partial charge on any atom is -0.486 e. The molecule has 7 heteroatoms. The summed E-state index contributed by atoms with van der Waals surface area (Å²) in [6.07, 6.45) is 0. The largest absolute Gasteiger partial charge is 0.486 e. The molecule has 0 saturated carbocycles. The summed E-state index contributed by atoms with van der Waals surface area (Å²) in [5, 5.41) is 2.91. The van der Waals surface area contributed by atoms with Crippen LogP contribution in [0.5, 0.6) is 5.75 Å². The highest BCUT2D eigenvalue weighted by molar-refractivity contribution is 8.14. The Kier molecular flexibility index (Phi) is 5.65. The molecule has 2 aromatic rings. The van der Waals surface area contributed by atoms with E-state index in [2.05, 4.69) is 4.99 Å². The van der Waals surface area contributed by atoms with Gasteiger partial charge in [-0.2, -0.15) is 0 Å². The molecule has 2 aromatic carbocycles. The Morgan fingerprint density at radius 2 is 1.65 bits per heavy atom. The molecule has 1 heterocycles. The molecule has 0 unspecified atom stereocenters. The molecule has 0 atom stereocenters. The highest BCUT2D eigenvalue weighted by atomic mass is 35.5. The third-order valence-electron chi connectivity index (χ3n) is 3.25. The predicted molar refractivity (Wildman–Crippen MR) is 101 cm³/mol. The van der Waals surface area contributed by atoms with Gasteiger partial charge < -0.3 is 4.74 Å². The van der Waals surface area contributed by atoms with Crippen LogP contribution >= 0.6 is 58.2 Å². The molecule has 1 aliphatic heterocycles. The lowest BCUT2D eigenvalue weighted by Gasteiger charge is -2.13. The second-order valence-corrected chi connectivity index (χ2v) is 7.51. The molecule has 2 nitrogen and oxygen atoms in total. The van der Waals surface area contributed by atoms with E-state index in [4.69, 9.17) is 51.1 Å². The second-order valence-electron chi connectivity index (χ2n) is 4.79. The van der Waals surface area contributed by atoms with Crippen LogP contribution in [0.4, 0.5) is 0 Å². The molecule has 3 rings (SSSR count). The van der Waals surface area contributed by atoms with E-state index in [-0.39, 0.29) is 6.61 Å². The summed E-state index contributed by atoms with van der Waals surface area (Å²) in [6.45, 7) is 1.01. The first kappa shape index (κ1) is 17.2. The molecule has 0 fully saturated rings. The fraction of sp³-hybridized carbons (Fsp3) is 0.188. The molecule has 0 amide bonds. The first-order chi connectivity index (χ1) is 11.1. The van der Waals surface area contributed by atoms with Crippen molar-refractivity contribution in [2.45, 2.75) is 6.61 Å². The summed E-state index contributed by atoms with van der Waals surface area (Å²) in [5.74, 6) is 1.39. The summed E-state index contributed by atoms with van der Waals surface area (Å²) >= 11 is 26.6. The van der Waals surface area contributed by atoms with E-state index in [1.807, 2.05) is 12.1 Å². The summed E-state index contributed by atoms with van der Waals surface area (Å²) in [5.41, 5.74) is 1.60. The number of hydrogen-bond donors (Lipinski definition) is 0. The van der Waals surface area contributed by atoms with Crippen molar-refractivity contribution in [3.8, 4) is 5.75 Å². The summed E-state index contributed by atoms with van der Waals surface area (Å²) in [4.78, 5) is 4.42. The van der Waals surface area contributed by atoms with Gasteiger partial charge in [0.05, 0.1) is 15.1 Å². The average Bonchev–Trinajstić information content (AvgIpc) is 3.03. The number of rotatable bonds is 4. The van der Waals surface area contributed by atoms with Crippen LogP contribution in [0.15, 0.2) is 35.3 Å². The van der Waals surface area contributed by atoms with Gasteiger partial charge in [-0.05, 0) is 24.3 Å². The summed E-state index contributed by atoms with van der Waals surface area (Å²) in [7, 11) is 0. The van der Waals surface area contributed by atoms with Crippen molar-refractivity contribution in [3.05, 3.63) is 61.5 Å². The van der Waals surface area contributed by atoms with E-state index in [9.17, 15) is 0 Å². The number of benzene rings is 2. The highest BCUT2D eigenvalue weighted by Crippen LogP contribution is 2.37. The Hall–Kier alpha value is -0.580. The molecule has 23 heavy (non-hydrogen) atoms. The number of hydrogen-bond acceptors (Lipinski definition) is 3. The molecule has 1 aliphatic rings. The Balaban J connectivity index is 1.83. The molecular formula is C16H11Cl4NOS. The fourth-order valence-electron chi connectivity index (χ4n) is 2.15. The molecule has 0 N–H and O–H groups in total. The van der Waals surface area contributed by atoms with E-state index in [1.54, 1.807) is 30.0 Å². The maximum Gasteiger partial charge on any atom is 0.157 e. The van der Waals surface area contributed by atoms with Crippen LogP contribution in [0.1, 0.15) is 11.1 Å². The number of aliphatic imine (C=N–C) groups is 1.